The molecule has 106 valence electrons. The van der Waals surface area contributed by atoms with Gasteiger partial charge in [0.25, 0.3) is 0 Å². The Morgan fingerprint density at radius 3 is 2.68 bits per heavy atom. The molecule has 1 rings (SSSR count). The highest BCUT2D eigenvalue weighted by Crippen LogP contribution is 2.21. The van der Waals surface area contributed by atoms with Gasteiger partial charge in [-0.1, -0.05) is 6.92 Å². The third-order valence-corrected chi connectivity index (χ3v) is 3.47. The molecule has 4 nitrogen and oxygen atoms in total. The molecular formula is C12H16F2N2O2S. The molecule has 1 aromatic carbocycles. The number of benzene rings is 1. The molecule has 0 aliphatic carbocycles. The van der Waals surface area contributed by atoms with Gasteiger partial charge in [-0.15, -0.1) is 0 Å². The van der Waals surface area contributed by atoms with Crippen molar-refractivity contribution >= 4 is 17.4 Å². The van der Waals surface area contributed by atoms with Crippen LogP contribution in [0.25, 0.3) is 0 Å². The number of nitrogens with one attached hydrogen (secondary N) is 1. The first-order chi connectivity index (χ1) is 8.95. The average Bonchev–Trinajstić information content (AvgIpc) is 2.31. The molecule has 7 heteroatoms. The predicted octanol–water partition coefficient (Wildman–Crippen LogP) is 2.96. The van der Waals surface area contributed by atoms with Crippen LogP contribution >= 0.6 is 11.8 Å². The normalized spacial score (nSPS) is 12.4. The highest BCUT2D eigenvalue weighted by Gasteiger charge is 2.18. The third kappa shape index (κ3) is 4.76. The summed E-state index contributed by atoms with van der Waals surface area (Å²) in [5.74, 6) is -0.539. The number of rotatable bonds is 7. The van der Waals surface area contributed by atoms with Crippen molar-refractivity contribution in [3.63, 3.8) is 0 Å². The van der Waals surface area contributed by atoms with Crippen LogP contribution in [0.2, 0.25) is 0 Å². The predicted molar refractivity (Wildman–Crippen MR) is 72.3 cm³/mol. The van der Waals surface area contributed by atoms with Crippen molar-refractivity contribution in [2.75, 3.05) is 18.6 Å². The second kappa shape index (κ2) is 7.40. The van der Waals surface area contributed by atoms with E-state index < -0.39 is 22.2 Å². The van der Waals surface area contributed by atoms with Gasteiger partial charge < -0.3 is 5.32 Å². The maximum absolute atomic E-state index is 13.5. The first-order valence-electron chi connectivity index (χ1n) is 5.77. The van der Waals surface area contributed by atoms with Crippen molar-refractivity contribution < 1.29 is 13.7 Å². The Balaban J connectivity index is 2.68. The Kier molecular flexibility index (Phi) is 6.17. The van der Waals surface area contributed by atoms with E-state index in [0.717, 1.165) is 11.8 Å². The van der Waals surface area contributed by atoms with Crippen LogP contribution in [0.1, 0.15) is 12.5 Å². The van der Waals surface area contributed by atoms with Gasteiger partial charge in [0.05, 0.1) is 4.92 Å². The lowest BCUT2D eigenvalue weighted by atomic mass is 10.1. The SMILES string of the molecule is CSCC(C)CNCc1cc([N+](=O)[O-])c(F)cc1F. The molecule has 0 aliphatic heterocycles. The van der Waals surface area contributed by atoms with E-state index in [4.69, 9.17) is 0 Å². The van der Waals surface area contributed by atoms with E-state index in [1.165, 1.54) is 0 Å². The summed E-state index contributed by atoms with van der Waals surface area (Å²) in [6.07, 6.45) is 2.00. The van der Waals surface area contributed by atoms with Crippen LogP contribution in [0.3, 0.4) is 0 Å². The van der Waals surface area contributed by atoms with Crippen LogP contribution in [0.4, 0.5) is 14.5 Å². The molecule has 1 unspecified atom stereocenters. The molecule has 0 saturated heterocycles. The largest absolute Gasteiger partial charge is 0.312 e. The van der Waals surface area contributed by atoms with Crippen LogP contribution in [0.15, 0.2) is 12.1 Å². The van der Waals surface area contributed by atoms with Crippen molar-refractivity contribution in [2.24, 2.45) is 5.92 Å². The fourth-order valence-corrected chi connectivity index (χ4v) is 2.34. The number of nitro benzene ring substituents is 1. The Hall–Kier alpha value is -1.21. The number of hydrogen-bond donors (Lipinski definition) is 1. The number of nitrogens with zero attached hydrogens (tertiary/aromatic N) is 1. The molecule has 0 amide bonds. The summed E-state index contributed by atoms with van der Waals surface area (Å²) in [5.41, 5.74) is -0.597. The number of nitro groups is 1. The van der Waals surface area contributed by atoms with E-state index in [1.807, 2.05) is 13.2 Å². The maximum atomic E-state index is 13.5. The lowest BCUT2D eigenvalue weighted by Gasteiger charge is -2.11. The summed E-state index contributed by atoms with van der Waals surface area (Å²) >= 11 is 1.71. The summed E-state index contributed by atoms with van der Waals surface area (Å²) in [5, 5.41) is 13.6. The van der Waals surface area contributed by atoms with Gasteiger partial charge in [-0.3, -0.25) is 10.1 Å². The molecule has 1 aromatic rings. The lowest BCUT2D eigenvalue weighted by molar-refractivity contribution is -0.387. The zero-order valence-electron chi connectivity index (χ0n) is 10.8. The molecule has 0 spiro atoms. The number of hydrogen-bond acceptors (Lipinski definition) is 4. The van der Waals surface area contributed by atoms with Gasteiger partial charge in [0, 0.05) is 24.2 Å². The maximum Gasteiger partial charge on any atom is 0.305 e. The van der Waals surface area contributed by atoms with E-state index in [2.05, 4.69) is 5.32 Å². The van der Waals surface area contributed by atoms with Gasteiger partial charge in [0.1, 0.15) is 5.82 Å². The highest BCUT2D eigenvalue weighted by atomic mass is 32.2. The Labute approximate surface area is 114 Å². The van der Waals surface area contributed by atoms with Crippen molar-refractivity contribution in [3.05, 3.63) is 39.4 Å². The highest BCUT2D eigenvalue weighted by molar-refractivity contribution is 7.98. The average molecular weight is 290 g/mol. The minimum absolute atomic E-state index is 0.101. The van der Waals surface area contributed by atoms with Gasteiger partial charge >= 0.3 is 5.69 Å². The second-order valence-electron chi connectivity index (χ2n) is 4.34. The summed E-state index contributed by atoms with van der Waals surface area (Å²) < 4.78 is 26.6. The van der Waals surface area contributed by atoms with E-state index in [-0.39, 0.29) is 12.1 Å². The Bertz CT molecular complexity index is 458. The molecule has 0 fully saturated rings. The number of halogens is 2. The van der Waals surface area contributed by atoms with Crippen molar-refractivity contribution in [1.29, 1.82) is 0 Å². The standard InChI is InChI=1S/C12H16F2N2O2S/c1-8(7-19-2)5-15-6-9-3-12(16(17)18)11(14)4-10(9)13/h3-4,8,15H,5-7H2,1-2H3. The topological polar surface area (TPSA) is 55.2 Å². The molecule has 1 N–H and O–H groups in total. The van der Waals surface area contributed by atoms with Crippen molar-refractivity contribution in [2.45, 2.75) is 13.5 Å². The van der Waals surface area contributed by atoms with Gasteiger partial charge in [0.15, 0.2) is 0 Å². The molecule has 0 bridgehead atoms. The number of thioether (sulfide) groups is 1. The monoisotopic (exact) mass is 290 g/mol. The second-order valence-corrected chi connectivity index (χ2v) is 5.25. The van der Waals surface area contributed by atoms with Gasteiger partial charge in [-0.25, -0.2) is 4.39 Å². The summed E-state index contributed by atoms with van der Waals surface area (Å²) in [7, 11) is 0. The lowest BCUT2D eigenvalue weighted by Crippen LogP contribution is -2.22. The summed E-state index contributed by atoms with van der Waals surface area (Å²) in [6, 6.07) is 1.50. The molecule has 0 radical (unpaired) electrons. The Morgan fingerprint density at radius 1 is 1.42 bits per heavy atom. The third-order valence-electron chi connectivity index (χ3n) is 2.57. The van der Waals surface area contributed by atoms with Crippen LogP contribution in [0, 0.1) is 27.7 Å². The van der Waals surface area contributed by atoms with E-state index in [9.17, 15) is 18.9 Å². The first-order valence-corrected chi connectivity index (χ1v) is 7.17. The van der Waals surface area contributed by atoms with Gasteiger partial charge in [0.2, 0.25) is 5.82 Å². The molecule has 0 aliphatic rings. The Morgan fingerprint density at radius 2 is 2.11 bits per heavy atom. The van der Waals surface area contributed by atoms with Crippen LogP contribution < -0.4 is 5.32 Å². The molecule has 0 heterocycles. The van der Waals surface area contributed by atoms with Crippen LogP contribution in [0.5, 0.6) is 0 Å². The smallest absolute Gasteiger partial charge is 0.305 e. The van der Waals surface area contributed by atoms with Gasteiger partial charge in [-0.2, -0.15) is 16.2 Å². The summed E-state index contributed by atoms with van der Waals surface area (Å²) in [4.78, 5) is 9.72. The van der Waals surface area contributed by atoms with E-state index in [1.54, 1.807) is 11.8 Å². The molecule has 19 heavy (non-hydrogen) atoms. The van der Waals surface area contributed by atoms with Crippen LogP contribution in [-0.2, 0) is 6.54 Å². The minimum atomic E-state index is -1.15. The minimum Gasteiger partial charge on any atom is -0.312 e. The quantitative estimate of drug-likeness (QED) is 0.619. The van der Waals surface area contributed by atoms with Crippen molar-refractivity contribution in [3.8, 4) is 0 Å². The fraction of sp³-hybridized carbons (Fsp3) is 0.500. The molecule has 0 aromatic heterocycles. The zero-order chi connectivity index (χ0) is 14.4. The summed E-state index contributed by atoms with van der Waals surface area (Å²) in [6.45, 7) is 2.87. The molecule has 0 saturated carbocycles. The van der Waals surface area contributed by atoms with Crippen molar-refractivity contribution in [1.82, 2.24) is 5.32 Å². The van der Waals surface area contributed by atoms with E-state index in [0.29, 0.717) is 18.5 Å². The van der Waals surface area contributed by atoms with Gasteiger partial charge in [-0.05, 0) is 24.5 Å². The van der Waals surface area contributed by atoms with Crippen LogP contribution in [-0.4, -0.2) is 23.5 Å². The fourth-order valence-electron chi connectivity index (χ4n) is 1.65. The van der Waals surface area contributed by atoms with E-state index >= 15 is 0 Å². The first kappa shape index (κ1) is 15.8. The molecular weight excluding hydrogens is 274 g/mol. The molecule has 1 atom stereocenters. The zero-order valence-corrected chi connectivity index (χ0v) is 11.6.